The predicted molar refractivity (Wildman–Crippen MR) is 82.8 cm³/mol. The molecule has 0 aliphatic rings. The van der Waals surface area contributed by atoms with Crippen molar-refractivity contribution in [3.63, 3.8) is 0 Å². The predicted octanol–water partition coefficient (Wildman–Crippen LogP) is 3.75. The van der Waals surface area contributed by atoms with Gasteiger partial charge in [-0.1, -0.05) is 33.6 Å². The Hall–Kier alpha value is -1.45. The van der Waals surface area contributed by atoms with Crippen molar-refractivity contribution in [1.82, 2.24) is 9.97 Å². The lowest BCUT2D eigenvalue weighted by Gasteiger charge is -2.27. The number of nitrogens with zero attached hydrogens (tertiary/aromatic N) is 3. The molecule has 4 nitrogen and oxygen atoms in total. The first-order chi connectivity index (χ1) is 9.63. The summed E-state index contributed by atoms with van der Waals surface area (Å²) >= 11 is 0. The SMILES string of the molecule is CCCC(=O)N(c1nccc(CCC)n1)C(C)CCC. The van der Waals surface area contributed by atoms with Gasteiger partial charge in [0.1, 0.15) is 0 Å². The average molecular weight is 277 g/mol. The van der Waals surface area contributed by atoms with Crippen LogP contribution in [0.25, 0.3) is 0 Å². The Bertz CT molecular complexity index is 420. The molecule has 0 bridgehead atoms. The number of carbonyl (C=O) groups is 1. The quantitative estimate of drug-likeness (QED) is 0.727. The Kier molecular flexibility index (Phi) is 7.20. The van der Waals surface area contributed by atoms with Gasteiger partial charge in [0.25, 0.3) is 0 Å². The standard InChI is InChI=1S/C16H27N3O/c1-5-8-13(4)19(15(20)10-7-3)16-17-12-11-14(18-16)9-6-2/h11-13H,5-10H2,1-4H3. The number of amides is 1. The minimum atomic E-state index is 0.127. The summed E-state index contributed by atoms with van der Waals surface area (Å²) in [6.07, 6.45) is 7.15. The van der Waals surface area contributed by atoms with Crippen LogP contribution in [0.15, 0.2) is 12.3 Å². The van der Waals surface area contributed by atoms with Crippen molar-refractivity contribution < 1.29 is 4.79 Å². The average Bonchev–Trinajstić information content (AvgIpc) is 2.40. The molecular formula is C16H27N3O. The van der Waals surface area contributed by atoms with Crippen molar-refractivity contribution in [2.45, 2.75) is 72.3 Å². The van der Waals surface area contributed by atoms with Gasteiger partial charge in [0.2, 0.25) is 11.9 Å². The van der Waals surface area contributed by atoms with Gasteiger partial charge in [0, 0.05) is 24.4 Å². The summed E-state index contributed by atoms with van der Waals surface area (Å²) in [6, 6.07) is 2.08. The van der Waals surface area contributed by atoms with Crippen LogP contribution in [0.1, 0.15) is 65.5 Å². The zero-order valence-corrected chi connectivity index (χ0v) is 13.2. The molecule has 20 heavy (non-hydrogen) atoms. The molecule has 0 saturated heterocycles. The molecule has 0 fully saturated rings. The Morgan fingerprint density at radius 2 is 2.00 bits per heavy atom. The molecule has 1 amide bonds. The molecule has 1 aromatic heterocycles. The summed E-state index contributed by atoms with van der Waals surface area (Å²) in [6.45, 7) is 8.36. The number of rotatable bonds is 8. The molecule has 1 heterocycles. The topological polar surface area (TPSA) is 46.1 Å². The molecule has 1 atom stereocenters. The molecular weight excluding hydrogens is 250 g/mol. The third-order valence-electron chi connectivity index (χ3n) is 3.30. The van der Waals surface area contributed by atoms with Gasteiger partial charge in [-0.2, -0.15) is 0 Å². The van der Waals surface area contributed by atoms with Gasteiger partial charge in [-0.25, -0.2) is 9.97 Å². The van der Waals surface area contributed by atoms with E-state index in [-0.39, 0.29) is 11.9 Å². The molecule has 1 rings (SSSR count). The molecule has 0 radical (unpaired) electrons. The van der Waals surface area contributed by atoms with Crippen LogP contribution in [-0.4, -0.2) is 21.9 Å². The number of aromatic nitrogens is 2. The highest BCUT2D eigenvalue weighted by atomic mass is 16.2. The maximum Gasteiger partial charge on any atom is 0.232 e. The van der Waals surface area contributed by atoms with Crippen LogP contribution >= 0.6 is 0 Å². The lowest BCUT2D eigenvalue weighted by Crippen LogP contribution is -2.40. The molecule has 0 saturated carbocycles. The molecule has 112 valence electrons. The number of hydrogen-bond acceptors (Lipinski definition) is 3. The van der Waals surface area contributed by atoms with Gasteiger partial charge < -0.3 is 0 Å². The zero-order valence-electron chi connectivity index (χ0n) is 13.2. The minimum absolute atomic E-state index is 0.127. The molecule has 4 heteroatoms. The lowest BCUT2D eigenvalue weighted by molar-refractivity contribution is -0.119. The Balaban J connectivity index is 3.02. The van der Waals surface area contributed by atoms with Crippen molar-refractivity contribution in [1.29, 1.82) is 0 Å². The van der Waals surface area contributed by atoms with E-state index in [4.69, 9.17) is 0 Å². The summed E-state index contributed by atoms with van der Waals surface area (Å²) < 4.78 is 0. The third-order valence-corrected chi connectivity index (χ3v) is 3.30. The summed E-state index contributed by atoms with van der Waals surface area (Å²) in [5, 5.41) is 0. The second-order valence-electron chi connectivity index (χ2n) is 5.25. The lowest BCUT2D eigenvalue weighted by atomic mass is 10.1. The first-order valence-corrected chi connectivity index (χ1v) is 7.77. The molecule has 1 aromatic rings. The minimum Gasteiger partial charge on any atom is -0.278 e. The van der Waals surface area contributed by atoms with E-state index in [9.17, 15) is 4.79 Å². The smallest absolute Gasteiger partial charge is 0.232 e. The highest BCUT2D eigenvalue weighted by Crippen LogP contribution is 2.17. The maximum atomic E-state index is 12.4. The van der Waals surface area contributed by atoms with Gasteiger partial charge >= 0.3 is 0 Å². The summed E-state index contributed by atoms with van der Waals surface area (Å²) in [4.78, 5) is 23.0. The van der Waals surface area contributed by atoms with E-state index in [1.165, 1.54) is 0 Å². The number of aryl methyl sites for hydroxylation is 1. The van der Waals surface area contributed by atoms with Crippen LogP contribution in [0.4, 0.5) is 5.95 Å². The van der Waals surface area contributed by atoms with Crippen molar-refractivity contribution in [3.8, 4) is 0 Å². The van der Waals surface area contributed by atoms with E-state index in [2.05, 4.69) is 30.7 Å². The van der Waals surface area contributed by atoms with Crippen molar-refractivity contribution in [2.24, 2.45) is 0 Å². The molecule has 0 aliphatic carbocycles. The molecule has 0 spiro atoms. The van der Waals surface area contributed by atoms with Gasteiger partial charge in [-0.15, -0.1) is 0 Å². The second kappa shape index (κ2) is 8.67. The molecule has 0 aromatic carbocycles. The van der Waals surface area contributed by atoms with Crippen molar-refractivity contribution >= 4 is 11.9 Å². The van der Waals surface area contributed by atoms with Gasteiger partial charge in [-0.3, -0.25) is 9.69 Å². The number of carbonyl (C=O) groups excluding carboxylic acids is 1. The fourth-order valence-electron chi connectivity index (χ4n) is 2.33. The number of anilines is 1. The summed E-state index contributed by atoms with van der Waals surface area (Å²) in [5.41, 5.74) is 1.01. The Morgan fingerprint density at radius 1 is 1.25 bits per heavy atom. The highest BCUT2D eigenvalue weighted by molar-refractivity contribution is 5.92. The number of hydrogen-bond donors (Lipinski definition) is 0. The van der Waals surface area contributed by atoms with E-state index in [0.29, 0.717) is 12.4 Å². The van der Waals surface area contributed by atoms with Crippen LogP contribution in [0, 0.1) is 0 Å². The van der Waals surface area contributed by atoms with Crippen LogP contribution in [0.5, 0.6) is 0 Å². The van der Waals surface area contributed by atoms with Crippen molar-refractivity contribution in [3.05, 3.63) is 18.0 Å². The van der Waals surface area contributed by atoms with Crippen LogP contribution in [-0.2, 0) is 11.2 Å². The maximum absolute atomic E-state index is 12.4. The Labute approximate surface area is 122 Å². The van der Waals surface area contributed by atoms with E-state index < -0.39 is 0 Å². The zero-order chi connectivity index (χ0) is 15.0. The van der Waals surface area contributed by atoms with Crippen LogP contribution < -0.4 is 4.90 Å². The van der Waals surface area contributed by atoms with E-state index in [0.717, 1.165) is 37.8 Å². The first-order valence-electron chi connectivity index (χ1n) is 7.77. The molecule has 1 unspecified atom stereocenters. The molecule has 0 aliphatic heterocycles. The fourth-order valence-corrected chi connectivity index (χ4v) is 2.33. The van der Waals surface area contributed by atoms with Crippen LogP contribution in [0.3, 0.4) is 0 Å². The van der Waals surface area contributed by atoms with Crippen LogP contribution in [0.2, 0.25) is 0 Å². The monoisotopic (exact) mass is 277 g/mol. The second-order valence-corrected chi connectivity index (χ2v) is 5.25. The summed E-state index contributed by atoms with van der Waals surface area (Å²) in [5.74, 6) is 0.692. The third kappa shape index (κ3) is 4.58. The van der Waals surface area contributed by atoms with E-state index in [1.807, 2.05) is 13.0 Å². The largest absolute Gasteiger partial charge is 0.278 e. The van der Waals surface area contributed by atoms with Gasteiger partial charge in [0.05, 0.1) is 0 Å². The highest BCUT2D eigenvalue weighted by Gasteiger charge is 2.23. The van der Waals surface area contributed by atoms with E-state index in [1.54, 1.807) is 11.1 Å². The fraction of sp³-hybridized carbons (Fsp3) is 0.688. The normalized spacial score (nSPS) is 12.2. The molecule has 0 N–H and O–H groups in total. The van der Waals surface area contributed by atoms with Gasteiger partial charge in [0.15, 0.2) is 0 Å². The summed E-state index contributed by atoms with van der Waals surface area (Å²) in [7, 11) is 0. The Morgan fingerprint density at radius 3 is 2.60 bits per heavy atom. The van der Waals surface area contributed by atoms with Gasteiger partial charge in [-0.05, 0) is 32.3 Å². The van der Waals surface area contributed by atoms with E-state index >= 15 is 0 Å². The van der Waals surface area contributed by atoms with Crippen molar-refractivity contribution in [2.75, 3.05) is 4.90 Å². The first kappa shape index (κ1) is 16.6.